The summed E-state index contributed by atoms with van der Waals surface area (Å²) < 4.78 is 7.03. The Morgan fingerprint density at radius 2 is 2.00 bits per heavy atom. The van der Waals surface area contributed by atoms with E-state index in [9.17, 15) is 0 Å². The van der Waals surface area contributed by atoms with E-state index < -0.39 is 0 Å². The standard InChI is InChI=1S/C14H20N4O/c1-3-4-5-14-13(10-15)16-17-18(14)11-6-8-12(19-2)9-7-11/h6-9H,3-5,10,15H2,1-2H3. The van der Waals surface area contributed by atoms with Gasteiger partial charge in [0.2, 0.25) is 0 Å². The maximum absolute atomic E-state index is 5.72. The fourth-order valence-corrected chi connectivity index (χ4v) is 2.02. The van der Waals surface area contributed by atoms with Crippen LogP contribution in [-0.2, 0) is 13.0 Å². The first-order valence-electron chi connectivity index (χ1n) is 6.58. The van der Waals surface area contributed by atoms with E-state index in [1.54, 1.807) is 7.11 Å². The molecule has 0 amide bonds. The van der Waals surface area contributed by atoms with Crippen LogP contribution in [0.2, 0.25) is 0 Å². The molecule has 0 radical (unpaired) electrons. The number of rotatable bonds is 6. The average Bonchev–Trinajstić information content (AvgIpc) is 2.88. The monoisotopic (exact) mass is 260 g/mol. The Morgan fingerprint density at radius 3 is 2.58 bits per heavy atom. The van der Waals surface area contributed by atoms with Crippen LogP contribution in [0.1, 0.15) is 31.2 Å². The zero-order valence-electron chi connectivity index (χ0n) is 11.5. The second-order valence-electron chi connectivity index (χ2n) is 4.40. The van der Waals surface area contributed by atoms with Crippen LogP contribution >= 0.6 is 0 Å². The third kappa shape index (κ3) is 2.93. The summed E-state index contributed by atoms with van der Waals surface area (Å²) in [5.74, 6) is 0.832. The van der Waals surface area contributed by atoms with Gasteiger partial charge in [-0.15, -0.1) is 5.10 Å². The Balaban J connectivity index is 2.34. The number of aromatic nitrogens is 3. The number of hydrogen-bond acceptors (Lipinski definition) is 4. The molecule has 1 aromatic carbocycles. The average molecular weight is 260 g/mol. The van der Waals surface area contributed by atoms with Crippen LogP contribution in [0.25, 0.3) is 5.69 Å². The number of benzene rings is 1. The summed E-state index contributed by atoms with van der Waals surface area (Å²) in [6.45, 7) is 2.60. The van der Waals surface area contributed by atoms with Gasteiger partial charge >= 0.3 is 0 Å². The summed E-state index contributed by atoms with van der Waals surface area (Å²) in [4.78, 5) is 0. The van der Waals surface area contributed by atoms with Crippen LogP contribution in [0, 0.1) is 0 Å². The minimum absolute atomic E-state index is 0.426. The molecule has 0 bridgehead atoms. The molecule has 5 nitrogen and oxygen atoms in total. The van der Waals surface area contributed by atoms with Crippen molar-refractivity contribution in [3.05, 3.63) is 35.7 Å². The lowest BCUT2D eigenvalue weighted by Gasteiger charge is -2.08. The highest BCUT2D eigenvalue weighted by Gasteiger charge is 2.12. The molecule has 0 unspecified atom stereocenters. The van der Waals surface area contributed by atoms with E-state index in [-0.39, 0.29) is 0 Å². The highest BCUT2D eigenvalue weighted by molar-refractivity contribution is 5.38. The zero-order valence-corrected chi connectivity index (χ0v) is 11.5. The second kappa shape index (κ2) is 6.33. The van der Waals surface area contributed by atoms with Crippen molar-refractivity contribution < 1.29 is 4.74 Å². The maximum atomic E-state index is 5.72. The minimum atomic E-state index is 0.426. The molecule has 2 aromatic rings. The molecule has 0 aliphatic carbocycles. The van der Waals surface area contributed by atoms with E-state index >= 15 is 0 Å². The highest BCUT2D eigenvalue weighted by Crippen LogP contribution is 2.18. The summed E-state index contributed by atoms with van der Waals surface area (Å²) >= 11 is 0. The van der Waals surface area contributed by atoms with Crippen LogP contribution in [0.15, 0.2) is 24.3 Å². The molecule has 1 heterocycles. The molecule has 0 fully saturated rings. The van der Waals surface area contributed by atoms with Gasteiger partial charge in [0.15, 0.2) is 0 Å². The lowest BCUT2D eigenvalue weighted by molar-refractivity contribution is 0.414. The van der Waals surface area contributed by atoms with Crippen LogP contribution in [0.3, 0.4) is 0 Å². The lowest BCUT2D eigenvalue weighted by Crippen LogP contribution is -2.06. The fourth-order valence-electron chi connectivity index (χ4n) is 2.02. The van der Waals surface area contributed by atoms with Crippen LogP contribution < -0.4 is 10.5 Å². The Bertz CT molecular complexity index is 519. The van der Waals surface area contributed by atoms with Gasteiger partial charge in [-0.2, -0.15) is 0 Å². The summed E-state index contributed by atoms with van der Waals surface area (Å²) in [7, 11) is 1.66. The Morgan fingerprint density at radius 1 is 1.26 bits per heavy atom. The van der Waals surface area contributed by atoms with Gasteiger partial charge in [-0.05, 0) is 37.1 Å². The molecule has 0 saturated heterocycles. The largest absolute Gasteiger partial charge is 0.497 e. The number of nitrogens with zero attached hydrogens (tertiary/aromatic N) is 3. The third-order valence-corrected chi connectivity index (χ3v) is 3.12. The molecule has 0 aliphatic heterocycles. The summed E-state index contributed by atoms with van der Waals surface area (Å²) in [6.07, 6.45) is 3.19. The summed E-state index contributed by atoms with van der Waals surface area (Å²) in [5, 5.41) is 8.37. The molecular formula is C14H20N4O. The maximum Gasteiger partial charge on any atom is 0.119 e. The van der Waals surface area contributed by atoms with E-state index in [2.05, 4.69) is 17.2 Å². The highest BCUT2D eigenvalue weighted by atomic mass is 16.5. The number of ether oxygens (including phenoxy) is 1. The molecule has 0 spiro atoms. The van der Waals surface area contributed by atoms with E-state index in [1.165, 1.54) is 0 Å². The van der Waals surface area contributed by atoms with Gasteiger partial charge in [0, 0.05) is 6.54 Å². The van der Waals surface area contributed by atoms with Gasteiger partial charge in [0.1, 0.15) is 5.75 Å². The van der Waals surface area contributed by atoms with Crippen molar-refractivity contribution in [3.8, 4) is 11.4 Å². The smallest absolute Gasteiger partial charge is 0.119 e. The van der Waals surface area contributed by atoms with Gasteiger partial charge in [-0.1, -0.05) is 18.6 Å². The molecule has 1 aromatic heterocycles. The van der Waals surface area contributed by atoms with Gasteiger partial charge in [0.25, 0.3) is 0 Å². The molecule has 0 saturated carbocycles. The SMILES string of the molecule is CCCCc1c(CN)nnn1-c1ccc(OC)cc1. The minimum Gasteiger partial charge on any atom is -0.497 e. The number of unbranched alkanes of at least 4 members (excludes halogenated alkanes) is 1. The number of nitrogens with two attached hydrogens (primary N) is 1. The van der Waals surface area contributed by atoms with Gasteiger partial charge in [0.05, 0.1) is 24.2 Å². The van der Waals surface area contributed by atoms with Crippen LogP contribution in [0.4, 0.5) is 0 Å². The second-order valence-corrected chi connectivity index (χ2v) is 4.40. The molecule has 0 aliphatic rings. The number of hydrogen-bond donors (Lipinski definition) is 1. The molecular weight excluding hydrogens is 240 g/mol. The van der Waals surface area contributed by atoms with Crippen molar-refractivity contribution in [2.45, 2.75) is 32.7 Å². The van der Waals surface area contributed by atoms with E-state index in [4.69, 9.17) is 10.5 Å². The first-order valence-corrected chi connectivity index (χ1v) is 6.58. The first-order chi connectivity index (χ1) is 9.30. The normalized spacial score (nSPS) is 10.7. The number of methoxy groups -OCH3 is 1. The topological polar surface area (TPSA) is 66.0 Å². The molecule has 102 valence electrons. The van der Waals surface area contributed by atoms with E-state index in [0.717, 1.165) is 42.1 Å². The molecule has 19 heavy (non-hydrogen) atoms. The Labute approximate surface area is 113 Å². The van der Waals surface area contributed by atoms with Crippen molar-refractivity contribution in [1.82, 2.24) is 15.0 Å². The van der Waals surface area contributed by atoms with E-state index in [1.807, 2.05) is 28.9 Å². The summed E-state index contributed by atoms with van der Waals surface area (Å²) in [6, 6.07) is 7.79. The Hall–Kier alpha value is -1.88. The predicted octanol–water partition coefficient (Wildman–Crippen LogP) is 2.08. The van der Waals surface area contributed by atoms with Gasteiger partial charge in [-0.3, -0.25) is 0 Å². The van der Waals surface area contributed by atoms with Crippen molar-refractivity contribution in [1.29, 1.82) is 0 Å². The molecule has 5 heteroatoms. The van der Waals surface area contributed by atoms with Gasteiger partial charge < -0.3 is 10.5 Å². The predicted molar refractivity (Wildman–Crippen MR) is 74.4 cm³/mol. The van der Waals surface area contributed by atoms with Crippen molar-refractivity contribution >= 4 is 0 Å². The van der Waals surface area contributed by atoms with Gasteiger partial charge in [-0.25, -0.2) is 4.68 Å². The Kier molecular flexibility index (Phi) is 4.52. The lowest BCUT2D eigenvalue weighted by atomic mass is 10.1. The van der Waals surface area contributed by atoms with Crippen molar-refractivity contribution in [2.75, 3.05) is 7.11 Å². The van der Waals surface area contributed by atoms with Crippen LogP contribution in [-0.4, -0.2) is 22.1 Å². The zero-order chi connectivity index (χ0) is 13.7. The molecule has 2 rings (SSSR count). The van der Waals surface area contributed by atoms with Crippen molar-refractivity contribution in [2.24, 2.45) is 5.73 Å². The summed E-state index contributed by atoms with van der Waals surface area (Å²) in [5.41, 5.74) is 8.69. The van der Waals surface area contributed by atoms with Crippen molar-refractivity contribution in [3.63, 3.8) is 0 Å². The molecule has 0 atom stereocenters. The van der Waals surface area contributed by atoms with Crippen LogP contribution in [0.5, 0.6) is 5.75 Å². The quantitative estimate of drug-likeness (QED) is 0.863. The fraction of sp³-hybridized carbons (Fsp3) is 0.429. The van der Waals surface area contributed by atoms with E-state index in [0.29, 0.717) is 6.54 Å². The third-order valence-electron chi connectivity index (χ3n) is 3.12. The molecule has 2 N–H and O–H groups in total. The first kappa shape index (κ1) is 13.5.